The molecule has 0 saturated carbocycles. The summed E-state index contributed by atoms with van der Waals surface area (Å²) in [6.45, 7) is 7.57. The fraction of sp³-hybridized carbons (Fsp3) is 0.898. The lowest BCUT2D eigenvalue weighted by Crippen LogP contribution is -2.55. The molecule has 16 atom stereocenters. The number of aliphatic hydroxyl groups excluding tert-OH is 9. The first-order chi connectivity index (χ1) is 40.6. The predicted octanol–water partition coefficient (Wildman–Crippen LogP) is 0.238. The molecule has 0 aliphatic carbocycles. The summed E-state index contributed by atoms with van der Waals surface area (Å²) in [6, 6.07) is 0. The van der Waals surface area contributed by atoms with E-state index in [0.29, 0.717) is 103 Å². The number of nitrogens with one attached hydrogen (secondary N) is 2. The molecule has 16 unspecified atom stereocenters. The van der Waals surface area contributed by atoms with Crippen molar-refractivity contribution in [3.63, 3.8) is 0 Å². The van der Waals surface area contributed by atoms with Crippen LogP contribution in [0.25, 0.3) is 0 Å². The number of rotatable bonds is 48. The highest BCUT2D eigenvalue weighted by molar-refractivity contribution is 5.99. The molecule has 26 heteroatoms. The number of carbonyl (C=O) groups is 6. The van der Waals surface area contributed by atoms with Crippen molar-refractivity contribution >= 4 is 34.9 Å². The van der Waals surface area contributed by atoms with Crippen LogP contribution in [0.1, 0.15) is 150 Å². The minimum Gasteiger partial charge on any atom is -0.394 e. The normalized spacial score (nSPS) is 28.6. The molecular weight excluding hydrogens is 1120 g/mol. The van der Waals surface area contributed by atoms with Crippen LogP contribution in [-0.2, 0) is 71.4 Å². The first-order valence-corrected chi connectivity index (χ1v) is 30.7. The first kappa shape index (κ1) is 76.1. The summed E-state index contributed by atoms with van der Waals surface area (Å²) in [5.41, 5.74) is -0.747. The smallest absolute Gasteiger partial charge is 0.222 e. The molecule has 0 spiro atoms. The Hall–Kier alpha value is -3.10. The lowest BCUT2D eigenvalue weighted by atomic mass is 9.92. The molecule has 0 radical (unpaired) electrons. The number of carbonyl (C=O) groups excluding carboxylic acids is 6. The summed E-state index contributed by atoms with van der Waals surface area (Å²) in [5, 5.41) is 94.6. The summed E-state index contributed by atoms with van der Waals surface area (Å²) in [6.07, 6.45) is -4.94. The van der Waals surface area contributed by atoms with Crippen molar-refractivity contribution in [1.29, 1.82) is 0 Å². The van der Waals surface area contributed by atoms with Gasteiger partial charge < -0.3 is 99.2 Å². The summed E-state index contributed by atoms with van der Waals surface area (Å²) in [5.74, 6) is -2.30. The molecule has 0 aromatic heterocycles. The van der Waals surface area contributed by atoms with E-state index in [9.17, 15) is 74.7 Å². The van der Waals surface area contributed by atoms with Crippen LogP contribution in [0.2, 0.25) is 0 Å². The van der Waals surface area contributed by atoms with Gasteiger partial charge in [0.05, 0.1) is 84.2 Å². The Kier molecular flexibility index (Phi) is 38.3. The molecule has 0 aromatic carbocycles. The van der Waals surface area contributed by atoms with Crippen molar-refractivity contribution in [2.24, 2.45) is 23.2 Å². The summed E-state index contributed by atoms with van der Waals surface area (Å²) >= 11 is 0. The molecule has 3 fully saturated rings. The van der Waals surface area contributed by atoms with Crippen LogP contribution < -0.4 is 10.6 Å². The van der Waals surface area contributed by atoms with Gasteiger partial charge in [-0.3, -0.25) is 28.8 Å². The van der Waals surface area contributed by atoms with Gasteiger partial charge in [-0.25, -0.2) is 0 Å². The number of aliphatic hydroxyl groups is 9. The van der Waals surface area contributed by atoms with E-state index in [1.54, 1.807) is 20.8 Å². The molecule has 26 nitrogen and oxygen atoms in total. The Balaban J connectivity index is 1.31. The number of unbranched alkanes of at least 4 members (excludes halogenated alkanes) is 5. The van der Waals surface area contributed by atoms with Crippen LogP contribution in [0, 0.1) is 23.2 Å². The second kappa shape index (κ2) is 42.8. The van der Waals surface area contributed by atoms with Crippen LogP contribution in [-0.4, -0.2) is 247 Å². The standard InChI is InChI=1S/C59H104N2O24/c1-38-50(71)53(74)45(32-62)83-56(38)80-25-11-8-17-41(65)15-6-5-7-16-42(66)20-28-77-35-59(4,36-78-29-21-44(68)31-43(67)18-9-12-26-81-57-39(2)51(72)54(75)46(33-63)84-57)37-79-30-22-49(70)61-24-14-23-60-48(69)19-10-13-27-82-58-40(3)52(73)55(76)47(34-64)85-58/h38-40,45-47,50-58,62-64,71-76H,5-37H2,1-4H3,(H,60,69)(H,61,70). The van der Waals surface area contributed by atoms with Crippen LogP contribution >= 0.6 is 0 Å². The van der Waals surface area contributed by atoms with E-state index in [-0.39, 0.29) is 126 Å². The third-order valence-electron chi connectivity index (χ3n) is 15.6. The van der Waals surface area contributed by atoms with E-state index in [1.807, 2.05) is 6.92 Å². The van der Waals surface area contributed by atoms with Crippen LogP contribution in [0.4, 0.5) is 0 Å². The SMILES string of the molecule is CC1C(OCCCCC(=O)CCCCCC(=O)CCOCC(C)(COCCC(=O)CC(=O)CCCCOC2OC(CO)C(O)C(O)C2C)COCCC(=O)NCCCNC(=O)CCCCOC2OC(CO)C(O)C(O)C2C)OC(CO)C(O)C1O. The summed E-state index contributed by atoms with van der Waals surface area (Å²) < 4.78 is 51.6. The fourth-order valence-electron chi connectivity index (χ4n) is 9.87. The zero-order chi connectivity index (χ0) is 62.7. The van der Waals surface area contributed by atoms with Gasteiger partial charge >= 0.3 is 0 Å². The van der Waals surface area contributed by atoms with Gasteiger partial charge in [-0.05, 0) is 57.8 Å². The quantitative estimate of drug-likeness (QED) is 0.0287. The van der Waals surface area contributed by atoms with Gasteiger partial charge in [-0.15, -0.1) is 0 Å². The molecular formula is C59H104N2O24. The van der Waals surface area contributed by atoms with E-state index in [1.165, 1.54) is 0 Å². The van der Waals surface area contributed by atoms with Crippen molar-refractivity contribution in [1.82, 2.24) is 10.6 Å². The van der Waals surface area contributed by atoms with Crippen molar-refractivity contribution in [2.45, 2.75) is 223 Å². The minimum atomic E-state index is -1.23. The van der Waals surface area contributed by atoms with E-state index in [0.717, 1.165) is 0 Å². The van der Waals surface area contributed by atoms with Gasteiger partial charge in [-0.1, -0.05) is 34.1 Å². The van der Waals surface area contributed by atoms with Crippen LogP contribution in [0.3, 0.4) is 0 Å². The molecule has 3 heterocycles. The average molecular weight is 1230 g/mol. The summed E-state index contributed by atoms with van der Waals surface area (Å²) in [4.78, 5) is 75.5. The molecule has 3 saturated heterocycles. The Morgan fingerprint density at radius 3 is 1.11 bits per heavy atom. The van der Waals surface area contributed by atoms with Crippen molar-refractivity contribution in [3.8, 4) is 0 Å². The van der Waals surface area contributed by atoms with Gasteiger partial charge in [0.2, 0.25) is 11.8 Å². The zero-order valence-corrected chi connectivity index (χ0v) is 50.6. The van der Waals surface area contributed by atoms with Gasteiger partial charge in [0, 0.05) is 107 Å². The largest absolute Gasteiger partial charge is 0.394 e. The molecule has 3 rings (SSSR count). The maximum Gasteiger partial charge on any atom is 0.222 e. The highest BCUT2D eigenvalue weighted by Crippen LogP contribution is 2.30. The average Bonchev–Trinajstić information content (AvgIpc) is 3.31. The lowest BCUT2D eigenvalue weighted by Gasteiger charge is -2.40. The van der Waals surface area contributed by atoms with Gasteiger partial charge in [-0.2, -0.15) is 0 Å². The van der Waals surface area contributed by atoms with E-state index in [4.69, 9.17) is 42.6 Å². The molecule has 85 heavy (non-hydrogen) atoms. The lowest BCUT2D eigenvalue weighted by molar-refractivity contribution is -0.282. The number of ketones is 4. The van der Waals surface area contributed by atoms with Gasteiger partial charge in [0.15, 0.2) is 18.9 Å². The maximum absolute atomic E-state index is 12.7. The van der Waals surface area contributed by atoms with Gasteiger partial charge in [0.25, 0.3) is 0 Å². The molecule has 0 bridgehead atoms. The Morgan fingerprint density at radius 2 is 0.706 bits per heavy atom. The predicted molar refractivity (Wildman–Crippen MR) is 303 cm³/mol. The fourth-order valence-corrected chi connectivity index (χ4v) is 9.87. The van der Waals surface area contributed by atoms with Crippen molar-refractivity contribution < 1.29 is 117 Å². The number of Topliss-reactive ketones (excluding diaryl/α,β-unsaturated/α-hetero) is 4. The third kappa shape index (κ3) is 29.4. The van der Waals surface area contributed by atoms with Gasteiger partial charge in [0.1, 0.15) is 59.8 Å². The molecule has 3 aliphatic rings. The van der Waals surface area contributed by atoms with Crippen molar-refractivity contribution in [3.05, 3.63) is 0 Å². The Labute approximate surface area is 500 Å². The Bertz CT molecular complexity index is 1810. The summed E-state index contributed by atoms with van der Waals surface area (Å²) in [7, 11) is 0. The second-order valence-electron chi connectivity index (χ2n) is 23.3. The number of hydrogen-bond acceptors (Lipinski definition) is 24. The molecule has 494 valence electrons. The molecule has 11 N–H and O–H groups in total. The highest BCUT2D eigenvalue weighted by Gasteiger charge is 2.44. The van der Waals surface area contributed by atoms with E-state index >= 15 is 0 Å². The maximum atomic E-state index is 12.7. The van der Waals surface area contributed by atoms with E-state index in [2.05, 4.69) is 10.6 Å². The number of amides is 2. The van der Waals surface area contributed by atoms with Crippen LogP contribution in [0.5, 0.6) is 0 Å². The molecule has 0 aromatic rings. The first-order valence-electron chi connectivity index (χ1n) is 30.7. The zero-order valence-electron chi connectivity index (χ0n) is 50.6. The topological polar surface area (TPSA) is 392 Å². The highest BCUT2D eigenvalue weighted by atomic mass is 16.7. The molecule has 3 aliphatic heterocycles. The van der Waals surface area contributed by atoms with Crippen molar-refractivity contribution in [2.75, 3.05) is 92.4 Å². The molecule has 2 amide bonds. The second-order valence-corrected chi connectivity index (χ2v) is 23.3. The number of ether oxygens (including phenoxy) is 9. The minimum absolute atomic E-state index is 0.00453. The third-order valence-corrected chi connectivity index (χ3v) is 15.6. The number of hydrogen-bond donors (Lipinski definition) is 11. The Morgan fingerprint density at radius 1 is 0.388 bits per heavy atom. The van der Waals surface area contributed by atoms with Crippen LogP contribution in [0.15, 0.2) is 0 Å². The van der Waals surface area contributed by atoms with E-state index < -0.39 is 117 Å². The monoisotopic (exact) mass is 1220 g/mol.